The van der Waals surface area contributed by atoms with Crippen molar-refractivity contribution in [1.82, 2.24) is 9.97 Å². The molecule has 0 aliphatic heterocycles. The van der Waals surface area contributed by atoms with E-state index >= 15 is 0 Å². The molecule has 0 aromatic carbocycles. The zero-order valence-corrected chi connectivity index (χ0v) is 10.0. The molecule has 0 saturated carbocycles. The summed E-state index contributed by atoms with van der Waals surface area (Å²) in [6.45, 7) is 1.28. The molecule has 102 valence electrons. The van der Waals surface area contributed by atoms with Crippen LogP contribution < -0.4 is 15.4 Å². The third-order valence-corrected chi connectivity index (χ3v) is 2.14. The van der Waals surface area contributed by atoms with Crippen molar-refractivity contribution in [3.8, 4) is 5.88 Å². The fraction of sp³-hybridized carbons (Fsp3) is 0.600. The number of aliphatic hydroxyl groups is 1. The largest absolute Gasteiger partial charge is 0.476 e. The molecule has 3 N–H and O–H groups in total. The minimum Gasteiger partial charge on any atom is -0.476 e. The maximum absolute atomic E-state index is 12.4. The highest BCUT2D eigenvalue weighted by molar-refractivity contribution is 5.67. The lowest BCUT2D eigenvalue weighted by Crippen LogP contribution is -2.33. The first-order valence-corrected chi connectivity index (χ1v) is 5.47. The second-order valence-corrected chi connectivity index (χ2v) is 3.41. The Labute approximate surface area is 103 Å². The summed E-state index contributed by atoms with van der Waals surface area (Å²) in [5.41, 5.74) is 5.85. The summed E-state index contributed by atoms with van der Waals surface area (Å²) in [5, 5.41) is 8.87. The van der Waals surface area contributed by atoms with E-state index in [4.69, 9.17) is 15.6 Å². The topological polar surface area (TPSA) is 84.5 Å². The van der Waals surface area contributed by atoms with Crippen LogP contribution >= 0.6 is 0 Å². The first kappa shape index (κ1) is 14.4. The molecule has 0 fully saturated rings. The van der Waals surface area contributed by atoms with Crippen LogP contribution in [0.4, 0.5) is 20.3 Å². The van der Waals surface area contributed by atoms with Crippen molar-refractivity contribution in [3.05, 3.63) is 6.33 Å². The van der Waals surface area contributed by atoms with Gasteiger partial charge in [0.1, 0.15) is 12.0 Å². The zero-order chi connectivity index (χ0) is 13.5. The number of ether oxygens (including phenoxy) is 1. The summed E-state index contributed by atoms with van der Waals surface area (Å²) in [7, 11) is 0. The molecule has 1 heterocycles. The third kappa shape index (κ3) is 3.66. The molecule has 18 heavy (non-hydrogen) atoms. The molecule has 0 bridgehead atoms. The fourth-order valence-electron chi connectivity index (χ4n) is 1.45. The molecular weight excluding hydrogens is 246 g/mol. The van der Waals surface area contributed by atoms with Crippen LogP contribution in [-0.2, 0) is 0 Å². The van der Waals surface area contributed by atoms with E-state index in [1.54, 1.807) is 6.92 Å². The predicted molar refractivity (Wildman–Crippen MR) is 62.9 cm³/mol. The summed E-state index contributed by atoms with van der Waals surface area (Å²) in [4.78, 5) is 8.87. The van der Waals surface area contributed by atoms with E-state index in [0.717, 1.165) is 0 Å². The lowest BCUT2D eigenvalue weighted by atomic mass is 10.4. The van der Waals surface area contributed by atoms with Gasteiger partial charge in [0, 0.05) is 6.54 Å². The molecule has 8 heteroatoms. The van der Waals surface area contributed by atoms with E-state index < -0.39 is 13.0 Å². The zero-order valence-electron chi connectivity index (χ0n) is 10.0. The molecule has 0 aliphatic carbocycles. The molecular formula is C10H16F2N4O2. The van der Waals surface area contributed by atoms with Gasteiger partial charge in [-0.25, -0.2) is 13.8 Å². The van der Waals surface area contributed by atoms with Gasteiger partial charge in [0.05, 0.1) is 19.8 Å². The van der Waals surface area contributed by atoms with Crippen LogP contribution in [0.1, 0.15) is 6.92 Å². The highest BCUT2D eigenvalue weighted by atomic mass is 19.3. The van der Waals surface area contributed by atoms with Crippen molar-refractivity contribution in [2.24, 2.45) is 0 Å². The number of nitrogens with two attached hydrogens (primary N) is 1. The highest BCUT2D eigenvalue weighted by Gasteiger charge is 2.18. The number of aliphatic hydroxyl groups excluding tert-OH is 1. The Morgan fingerprint density at radius 2 is 2.22 bits per heavy atom. The Morgan fingerprint density at radius 3 is 2.78 bits per heavy atom. The number of halogens is 2. The van der Waals surface area contributed by atoms with E-state index in [2.05, 4.69) is 9.97 Å². The van der Waals surface area contributed by atoms with Crippen LogP contribution in [0, 0.1) is 0 Å². The summed E-state index contributed by atoms with van der Waals surface area (Å²) in [6, 6.07) is 0. The van der Waals surface area contributed by atoms with Crippen LogP contribution in [0.3, 0.4) is 0 Å². The predicted octanol–water partition coefficient (Wildman–Crippen LogP) is 0.521. The molecule has 1 rings (SSSR count). The molecule has 0 unspecified atom stereocenters. The van der Waals surface area contributed by atoms with Gasteiger partial charge < -0.3 is 20.5 Å². The number of aromatic nitrogens is 2. The SMILES string of the molecule is CCOc1ncnc(N(CCO)CC(F)F)c1N. The van der Waals surface area contributed by atoms with Gasteiger partial charge >= 0.3 is 0 Å². The van der Waals surface area contributed by atoms with E-state index in [1.807, 2.05) is 0 Å². The average molecular weight is 262 g/mol. The van der Waals surface area contributed by atoms with Crippen LogP contribution in [-0.4, -0.2) is 47.8 Å². The number of hydrogen-bond donors (Lipinski definition) is 2. The number of nitrogen functional groups attached to an aromatic ring is 1. The maximum Gasteiger partial charge on any atom is 0.255 e. The van der Waals surface area contributed by atoms with Gasteiger partial charge in [-0.15, -0.1) is 0 Å². The van der Waals surface area contributed by atoms with E-state index in [0.29, 0.717) is 6.61 Å². The molecule has 0 spiro atoms. The van der Waals surface area contributed by atoms with E-state index in [9.17, 15) is 8.78 Å². The third-order valence-electron chi connectivity index (χ3n) is 2.14. The van der Waals surface area contributed by atoms with Gasteiger partial charge in [-0.3, -0.25) is 0 Å². The number of rotatable bonds is 7. The molecule has 0 amide bonds. The standard InChI is InChI=1S/C10H16F2N4O2/c1-2-18-10-8(13)9(14-6-15-10)16(3-4-17)5-7(11)12/h6-7,17H,2-5,13H2,1H3. The van der Waals surface area contributed by atoms with Gasteiger partial charge in [0.15, 0.2) is 5.82 Å². The van der Waals surface area contributed by atoms with Crippen LogP contribution in [0.15, 0.2) is 6.33 Å². The van der Waals surface area contributed by atoms with Crippen molar-refractivity contribution in [2.75, 3.05) is 36.9 Å². The fourth-order valence-corrected chi connectivity index (χ4v) is 1.45. The molecule has 0 aliphatic rings. The second-order valence-electron chi connectivity index (χ2n) is 3.41. The molecule has 0 radical (unpaired) electrons. The number of alkyl halides is 2. The Hall–Kier alpha value is -1.70. The monoisotopic (exact) mass is 262 g/mol. The van der Waals surface area contributed by atoms with Gasteiger partial charge in [-0.1, -0.05) is 0 Å². The summed E-state index contributed by atoms with van der Waals surface area (Å²) in [5.74, 6) is 0.294. The van der Waals surface area contributed by atoms with Gasteiger partial charge in [-0.05, 0) is 6.92 Å². The quantitative estimate of drug-likeness (QED) is 0.745. The van der Waals surface area contributed by atoms with Crippen molar-refractivity contribution in [2.45, 2.75) is 13.3 Å². The van der Waals surface area contributed by atoms with Crippen LogP contribution in [0.25, 0.3) is 0 Å². The lowest BCUT2D eigenvalue weighted by molar-refractivity contribution is 0.152. The average Bonchev–Trinajstić information content (AvgIpc) is 2.31. The van der Waals surface area contributed by atoms with Crippen molar-refractivity contribution in [3.63, 3.8) is 0 Å². The minimum absolute atomic E-state index is 0.0110. The molecule has 1 aromatic heterocycles. The summed E-state index contributed by atoms with van der Waals surface area (Å²) < 4.78 is 30.0. The molecule has 0 saturated heterocycles. The number of anilines is 2. The first-order valence-electron chi connectivity index (χ1n) is 5.47. The smallest absolute Gasteiger partial charge is 0.255 e. The summed E-state index contributed by atoms with van der Waals surface area (Å²) >= 11 is 0. The van der Waals surface area contributed by atoms with Crippen LogP contribution in [0.5, 0.6) is 5.88 Å². The van der Waals surface area contributed by atoms with Crippen molar-refractivity contribution in [1.29, 1.82) is 0 Å². The Balaban J connectivity index is 2.99. The molecule has 1 aromatic rings. The first-order chi connectivity index (χ1) is 8.60. The van der Waals surface area contributed by atoms with Gasteiger partial charge in [-0.2, -0.15) is 4.98 Å². The summed E-state index contributed by atoms with van der Waals surface area (Å²) in [6.07, 6.45) is -1.37. The van der Waals surface area contributed by atoms with Gasteiger partial charge in [0.2, 0.25) is 5.88 Å². The highest BCUT2D eigenvalue weighted by Crippen LogP contribution is 2.27. The second kappa shape index (κ2) is 6.90. The maximum atomic E-state index is 12.4. The number of hydrogen-bond acceptors (Lipinski definition) is 6. The Morgan fingerprint density at radius 1 is 1.50 bits per heavy atom. The number of nitrogens with zero attached hydrogens (tertiary/aromatic N) is 3. The van der Waals surface area contributed by atoms with E-state index in [-0.39, 0.29) is 30.5 Å². The van der Waals surface area contributed by atoms with Gasteiger partial charge in [0.25, 0.3) is 6.43 Å². The van der Waals surface area contributed by atoms with Crippen LogP contribution in [0.2, 0.25) is 0 Å². The molecule has 6 nitrogen and oxygen atoms in total. The normalized spacial score (nSPS) is 10.7. The van der Waals surface area contributed by atoms with Crippen molar-refractivity contribution < 1.29 is 18.6 Å². The van der Waals surface area contributed by atoms with E-state index in [1.165, 1.54) is 11.2 Å². The Bertz CT molecular complexity index is 379. The minimum atomic E-state index is -2.55. The Kier molecular flexibility index (Phi) is 5.50. The lowest BCUT2D eigenvalue weighted by Gasteiger charge is -2.23. The molecule has 0 atom stereocenters. The van der Waals surface area contributed by atoms with Crippen molar-refractivity contribution >= 4 is 11.5 Å².